The van der Waals surface area contributed by atoms with Crippen molar-refractivity contribution in [3.63, 3.8) is 0 Å². The van der Waals surface area contributed by atoms with Crippen LogP contribution in [0.4, 0.5) is 0 Å². The molecule has 0 aliphatic heterocycles. The summed E-state index contributed by atoms with van der Waals surface area (Å²) >= 11 is 0. The average Bonchev–Trinajstić information content (AvgIpc) is 3.92. The van der Waals surface area contributed by atoms with E-state index in [0.29, 0.717) is 17.6 Å². The molecule has 0 saturated carbocycles. The monoisotopic (exact) mass is 841 g/mol. The number of hydrogen-bond acceptors (Lipinski definition) is 3. The molecule has 0 amide bonds. The molecule has 10 aromatic carbocycles. The zero-order chi connectivity index (χ0) is 43.6. The number of para-hydroxylation sites is 3. The Bertz CT molecular complexity index is 3960. The minimum absolute atomic E-state index is 0.554. The summed E-state index contributed by atoms with van der Waals surface area (Å²) in [4.78, 5) is 16.1. The van der Waals surface area contributed by atoms with E-state index >= 15 is 0 Å². The second kappa shape index (κ2) is 15.4. The van der Waals surface area contributed by atoms with Gasteiger partial charge in [0, 0.05) is 38.4 Å². The SMILES string of the molecule is c1ccc(-c2cccc(-c3ccc(-c4nc(-c5ccccc5)nc(-n5c6ccccc6c6c(-c7ccc8ccccc8c7)cc7c(c8ccccc8n7-c7ccccc7)c65)n4)cc3)c2)cc1. The lowest BCUT2D eigenvalue weighted by Gasteiger charge is -2.14. The Hall–Kier alpha value is -8.93. The molecule has 0 aliphatic rings. The van der Waals surface area contributed by atoms with Crippen LogP contribution in [0, 0.1) is 0 Å². The van der Waals surface area contributed by atoms with Crippen LogP contribution >= 0.6 is 0 Å². The highest BCUT2D eigenvalue weighted by molar-refractivity contribution is 6.30. The molecule has 13 aromatic rings. The van der Waals surface area contributed by atoms with E-state index in [0.717, 1.165) is 82.7 Å². The molecule has 13 rings (SSSR count). The molecule has 0 atom stereocenters. The van der Waals surface area contributed by atoms with Gasteiger partial charge < -0.3 is 4.57 Å². The van der Waals surface area contributed by atoms with E-state index in [1.165, 1.54) is 21.9 Å². The molecule has 0 aliphatic carbocycles. The second-order valence-electron chi connectivity index (χ2n) is 16.8. The summed E-state index contributed by atoms with van der Waals surface area (Å²) in [5.74, 6) is 1.76. The maximum Gasteiger partial charge on any atom is 0.238 e. The summed E-state index contributed by atoms with van der Waals surface area (Å²) in [6, 6.07) is 84.0. The molecule has 0 N–H and O–H groups in total. The van der Waals surface area contributed by atoms with Crippen LogP contribution in [0.25, 0.3) is 122 Å². The zero-order valence-electron chi connectivity index (χ0n) is 35.8. The first-order valence-corrected chi connectivity index (χ1v) is 22.4. The van der Waals surface area contributed by atoms with Gasteiger partial charge in [-0.05, 0) is 86.6 Å². The summed E-state index contributed by atoms with van der Waals surface area (Å²) in [5, 5.41) is 6.96. The van der Waals surface area contributed by atoms with Crippen LogP contribution < -0.4 is 0 Å². The van der Waals surface area contributed by atoms with E-state index in [2.05, 4.69) is 228 Å². The Balaban J connectivity index is 1.10. The van der Waals surface area contributed by atoms with E-state index in [4.69, 9.17) is 15.0 Å². The highest BCUT2D eigenvalue weighted by atomic mass is 15.2. The van der Waals surface area contributed by atoms with Crippen LogP contribution in [0.2, 0.25) is 0 Å². The lowest BCUT2D eigenvalue weighted by Crippen LogP contribution is -2.06. The molecule has 5 heteroatoms. The largest absolute Gasteiger partial charge is 0.309 e. The molecule has 66 heavy (non-hydrogen) atoms. The van der Waals surface area contributed by atoms with E-state index in [1.54, 1.807) is 0 Å². The molecule has 0 saturated heterocycles. The molecule has 0 unspecified atom stereocenters. The summed E-state index contributed by atoms with van der Waals surface area (Å²) in [7, 11) is 0. The summed E-state index contributed by atoms with van der Waals surface area (Å²) in [6.07, 6.45) is 0. The van der Waals surface area contributed by atoms with E-state index in [9.17, 15) is 0 Å². The third-order valence-electron chi connectivity index (χ3n) is 12.9. The van der Waals surface area contributed by atoms with Gasteiger partial charge in [0.15, 0.2) is 11.6 Å². The smallest absolute Gasteiger partial charge is 0.238 e. The van der Waals surface area contributed by atoms with Gasteiger partial charge in [-0.2, -0.15) is 9.97 Å². The van der Waals surface area contributed by atoms with Crippen molar-refractivity contribution < 1.29 is 0 Å². The quantitative estimate of drug-likeness (QED) is 0.161. The Labute approximate surface area is 381 Å². The van der Waals surface area contributed by atoms with Gasteiger partial charge in [0.25, 0.3) is 0 Å². The molecule has 308 valence electrons. The van der Waals surface area contributed by atoms with Crippen LogP contribution in [0.5, 0.6) is 0 Å². The maximum atomic E-state index is 5.46. The van der Waals surface area contributed by atoms with Crippen molar-refractivity contribution >= 4 is 54.4 Å². The topological polar surface area (TPSA) is 48.5 Å². The van der Waals surface area contributed by atoms with Gasteiger partial charge in [-0.1, -0.05) is 194 Å². The van der Waals surface area contributed by atoms with E-state index < -0.39 is 0 Å². The summed E-state index contributed by atoms with van der Waals surface area (Å²) in [6.45, 7) is 0. The molecule has 3 aromatic heterocycles. The van der Waals surface area contributed by atoms with Gasteiger partial charge >= 0.3 is 0 Å². The van der Waals surface area contributed by atoms with Crippen LogP contribution in [-0.4, -0.2) is 24.1 Å². The Morgan fingerprint density at radius 3 is 1.48 bits per heavy atom. The van der Waals surface area contributed by atoms with Crippen LogP contribution in [-0.2, 0) is 0 Å². The first kappa shape index (κ1) is 37.6. The molecule has 0 bridgehead atoms. The number of fused-ring (bicyclic) bond motifs is 8. The molecule has 0 fully saturated rings. The zero-order valence-corrected chi connectivity index (χ0v) is 35.8. The minimum Gasteiger partial charge on any atom is -0.309 e. The molecular formula is C61H39N5. The second-order valence-corrected chi connectivity index (χ2v) is 16.8. The van der Waals surface area contributed by atoms with Crippen molar-refractivity contribution in [3.05, 3.63) is 237 Å². The molecule has 0 spiro atoms. The van der Waals surface area contributed by atoms with Crippen LogP contribution in [0.3, 0.4) is 0 Å². The summed E-state index contributed by atoms with van der Waals surface area (Å²) < 4.78 is 4.70. The van der Waals surface area contributed by atoms with E-state index in [-0.39, 0.29) is 0 Å². The van der Waals surface area contributed by atoms with Crippen molar-refractivity contribution in [2.45, 2.75) is 0 Å². The first-order chi connectivity index (χ1) is 32.7. The lowest BCUT2D eigenvalue weighted by atomic mass is 9.95. The molecular weight excluding hydrogens is 803 g/mol. The number of nitrogens with zero attached hydrogens (tertiary/aromatic N) is 5. The number of rotatable bonds is 7. The van der Waals surface area contributed by atoms with Gasteiger partial charge in [-0.25, -0.2) is 4.98 Å². The number of aromatic nitrogens is 5. The fraction of sp³-hybridized carbons (Fsp3) is 0. The summed E-state index contributed by atoms with van der Waals surface area (Å²) in [5.41, 5.74) is 14.1. The third kappa shape index (κ3) is 6.21. The predicted octanol–water partition coefficient (Wildman–Crippen LogP) is 15.6. The van der Waals surface area contributed by atoms with Gasteiger partial charge in [-0.3, -0.25) is 4.57 Å². The van der Waals surface area contributed by atoms with Crippen molar-refractivity contribution in [2.24, 2.45) is 0 Å². The fourth-order valence-electron chi connectivity index (χ4n) is 9.88. The highest BCUT2D eigenvalue weighted by Crippen LogP contribution is 2.47. The third-order valence-corrected chi connectivity index (χ3v) is 12.9. The van der Waals surface area contributed by atoms with E-state index in [1.807, 2.05) is 18.2 Å². The van der Waals surface area contributed by atoms with Gasteiger partial charge in [-0.15, -0.1) is 0 Å². The van der Waals surface area contributed by atoms with Gasteiger partial charge in [0.05, 0.1) is 22.1 Å². The number of hydrogen-bond donors (Lipinski definition) is 0. The molecule has 0 radical (unpaired) electrons. The molecule has 3 heterocycles. The predicted molar refractivity (Wildman–Crippen MR) is 273 cm³/mol. The maximum absolute atomic E-state index is 5.46. The van der Waals surface area contributed by atoms with Crippen molar-refractivity contribution in [2.75, 3.05) is 0 Å². The van der Waals surface area contributed by atoms with Crippen molar-refractivity contribution in [1.29, 1.82) is 0 Å². The molecule has 5 nitrogen and oxygen atoms in total. The Kier molecular flexibility index (Phi) is 8.78. The number of benzene rings is 10. The first-order valence-electron chi connectivity index (χ1n) is 22.4. The lowest BCUT2D eigenvalue weighted by molar-refractivity contribution is 0.955. The van der Waals surface area contributed by atoms with Crippen molar-refractivity contribution in [1.82, 2.24) is 24.1 Å². The van der Waals surface area contributed by atoms with Gasteiger partial charge in [0.2, 0.25) is 5.95 Å². The minimum atomic E-state index is 0.554. The highest BCUT2D eigenvalue weighted by Gasteiger charge is 2.26. The van der Waals surface area contributed by atoms with Crippen LogP contribution in [0.15, 0.2) is 237 Å². The van der Waals surface area contributed by atoms with Gasteiger partial charge in [0.1, 0.15) is 0 Å². The normalized spacial score (nSPS) is 11.6. The standard InChI is InChI=1S/C61H39N5/c1-4-17-40(18-5-1)46-23-16-24-47(37-46)42-31-34-44(35-32-42)60-62-59(43-20-6-2-7-21-43)63-61(64-60)66-54-30-15-12-27-50(54)56-52(48-36-33-41-19-10-11-22-45(41)38-48)39-55-57(58(56)66)51-28-13-14-29-53(51)65(55)49-25-8-3-9-26-49/h1-39H. The average molecular weight is 842 g/mol. The Morgan fingerprint density at radius 1 is 0.288 bits per heavy atom. The fourth-order valence-corrected chi connectivity index (χ4v) is 9.88. The van der Waals surface area contributed by atoms with Crippen LogP contribution in [0.1, 0.15) is 0 Å². The van der Waals surface area contributed by atoms with Crippen molar-refractivity contribution in [3.8, 4) is 67.8 Å². The Morgan fingerprint density at radius 2 is 0.788 bits per heavy atom.